The molecular formula is C13H16Cl2N2O. The van der Waals surface area contributed by atoms with Gasteiger partial charge in [-0.15, -0.1) is 0 Å². The van der Waals surface area contributed by atoms with Crippen molar-refractivity contribution in [3.8, 4) is 0 Å². The third-order valence-corrected chi connectivity index (χ3v) is 3.72. The first kappa shape index (κ1) is 13.6. The fourth-order valence-electron chi connectivity index (χ4n) is 2.58. The van der Waals surface area contributed by atoms with Crippen molar-refractivity contribution >= 4 is 29.1 Å². The molecule has 98 valence electrons. The fraction of sp³-hybridized carbons (Fsp3) is 0.538. The van der Waals surface area contributed by atoms with E-state index in [1.165, 1.54) is 12.3 Å². The molecule has 1 saturated heterocycles. The Morgan fingerprint density at radius 2 is 1.94 bits per heavy atom. The molecule has 2 unspecified atom stereocenters. The number of piperidine rings is 1. The summed E-state index contributed by atoms with van der Waals surface area (Å²) >= 11 is 11.8. The van der Waals surface area contributed by atoms with E-state index in [0.29, 0.717) is 27.6 Å². The number of carbonyl (C=O) groups is 1. The molecule has 0 aliphatic carbocycles. The van der Waals surface area contributed by atoms with Gasteiger partial charge < -0.3 is 4.90 Å². The average Bonchev–Trinajstić information content (AvgIpc) is 2.30. The van der Waals surface area contributed by atoms with Gasteiger partial charge in [-0.1, -0.05) is 37.0 Å². The van der Waals surface area contributed by atoms with Crippen LogP contribution in [0.25, 0.3) is 0 Å². The highest BCUT2D eigenvalue weighted by molar-refractivity contribution is 6.35. The molecule has 2 heterocycles. The lowest BCUT2D eigenvalue weighted by Crippen LogP contribution is -2.42. The van der Waals surface area contributed by atoms with Crippen LogP contribution >= 0.6 is 23.2 Å². The van der Waals surface area contributed by atoms with Gasteiger partial charge in [0.2, 0.25) is 0 Å². The topological polar surface area (TPSA) is 33.2 Å². The monoisotopic (exact) mass is 286 g/mol. The Bertz CT molecular complexity index is 454. The van der Waals surface area contributed by atoms with Crippen molar-refractivity contribution in [2.45, 2.75) is 20.3 Å². The lowest BCUT2D eigenvalue weighted by atomic mass is 9.91. The van der Waals surface area contributed by atoms with Gasteiger partial charge in [-0.25, -0.2) is 4.98 Å². The highest BCUT2D eigenvalue weighted by atomic mass is 35.5. The summed E-state index contributed by atoms with van der Waals surface area (Å²) in [6, 6.07) is 1.54. The fourth-order valence-corrected chi connectivity index (χ4v) is 2.92. The number of hydrogen-bond acceptors (Lipinski definition) is 2. The molecule has 0 aromatic carbocycles. The molecular weight excluding hydrogens is 271 g/mol. The number of halogens is 2. The maximum atomic E-state index is 12.4. The second-order valence-corrected chi connectivity index (χ2v) is 5.94. The minimum Gasteiger partial charge on any atom is -0.338 e. The molecule has 0 N–H and O–H groups in total. The van der Waals surface area contributed by atoms with E-state index in [0.717, 1.165) is 19.5 Å². The predicted octanol–water partition coefficient (Wildman–Crippen LogP) is 3.51. The summed E-state index contributed by atoms with van der Waals surface area (Å²) in [6.07, 6.45) is 2.59. The van der Waals surface area contributed by atoms with Crippen LogP contribution in [0.5, 0.6) is 0 Å². The number of rotatable bonds is 1. The molecule has 1 fully saturated rings. The van der Waals surface area contributed by atoms with E-state index in [4.69, 9.17) is 23.2 Å². The number of pyridine rings is 1. The van der Waals surface area contributed by atoms with Crippen LogP contribution in [0.2, 0.25) is 10.2 Å². The first-order chi connectivity index (χ1) is 8.47. The van der Waals surface area contributed by atoms with Crippen molar-refractivity contribution < 1.29 is 4.79 Å². The summed E-state index contributed by atoms with van der Waals surface area (Å²) in [6.45, 7) is 5.88. The summed E-state index contributed by atoms with van der Waals surface area (Å²) in [5, 5.41) is 0.649. The van der Waals surface area contributed by atoms with Gasteiger partial charge in [0.1, 0.15) is 5.15 Å². The van der Waals surface area contributed by atoms with Crippen LogP contribution in [0.15, 0.2) is 12.3 Å². The Morgan fingerprint density at radius 3 is 2.56 bits per heavy atom. The SMILES string of the molecule is CC1CC(C)CN(C(=O)c2cc(Cl)ncc2Cl)C1. The first-order valence-electron chi connectivity index (χ1n) is 6.07. The zero-order valence-electron chi connectivity index (χ0n) is 10.5. The molecule has 3 nitrogen and oxygen atoms in total. The molecule has 0 bridgehead atoms. The molecule has 1 aliphatic heterocycles. The zero-order valence-corrected chi connectivity index (χ0v) is 12.0. The van der Waals surface area contributed by atoms with Crippen LogP contribution in [0.4, 0.5) is 0 Å². The molecule has 0 saturated carbocycles. The van der Waals surface area contributed by atoms with E-state index in [9.17, 15) is 4.79 Å². The van der Waals surface area contributed by atoms with E-state index < -0.39 is 0 Å². The lowest BCUT2D eigenvalue weighted by molar-refractivity contribution is 0.0623. The van der Waals surface area contributed by atoms with Crippen LogP contribution in [0.1, 0.15) is 30.6 Å². The summed E-state index contributed by atoms with van der Waals surface area (Å²) in [5.41, 5.74) is 0.443. The van der Waals surface area contributed by atoms with Gasteiger partial charge in [-0.05, 0) is 24.3 Å². The van der Waals surface area contributed by atoms with Crippen LogP contribution in [0.3, 0.4) is 0 Å². The van der Waals surface area contributed by atoms with Crippen LogP contribution in [-0.2, 0) is 0 Å². The number of carbonyl (C=O) groups excluding carboxylic acids is 1. The van der Waals surface area contributed by atoms with E-state index in [2.05, 4.69) is 18.8 Å². The number of hydrogen-bond donors (Lipinski definition) is 0. The van der Waals surface area contributed by atoms with Crippen molar-refractivity contribution in [3.05, 3.63) is 28.0 Å². The summed E-state index contributed by atoms with van der Waals surface area (Å²) in [4.78, 5) is 18.1. The van der Waals surface area contributed by atoms with Crippen molar-refractivity contribution in [3.63, 3.8) is 0 Å². The largest absolute Gasteiger partial charge is 0.338 e. The van der Waals surface area contributed by atoms with Gasteiger partial charge >= 0.3 is 0 Å². The molecule has 5 heteroatoms. The Balaban J connectivity index is 2.22. The lowest BCUT2D eigenvalue weighted by Gasteiger charge is -2.35. The Labute approximate surface area is 117 Å². The van der Waals surface area contributed by atoms with Crippen molar-refractivity contribution in [1.82, 2.24) is 9.88 Å². The highest BCUT2D eigenvalue weighted by Gasteiger charge is 2.27. The second kappa shape index (κ2) is 5.45. The number of amides is 1. The third-order valence-electron chi connectivity index (χ3n) is 3.21. The predicted molar refractivity (Wildman–Crippen MR) is 73.1 cm³/mol. The van der Waals surface area contributed by atoms with Gasteiger partial charge in [-0.2, -0.15) is 0 Å². The summed E-state index contributed by atoms with van der Waals surface area (Å²) in [5.74, 6) is 0.991. The molecule has 1 aromatic rings. The summed E-state index contributed by atoms with van der Waals surface area (Å²) < 4.78 is 0. The van der Waals surface area contributed by atoms with Gasteiger partial charge in [0, 0.05) is 19.3 Å². The Kier molecular flexibility index (Phi) is 4.13. The van der Waals surface area contributed by atoms with Crippen molar-refractivity contribution in [2.24, 2.45) is 11.8 Å². The molecule has 1 aromatic heterocycles. The highest BCUT2D eigenvalue weighted by Crippen LogP contribution is 2.25. The van der Waals surface area contributed by atoms with Crippen molar-refractivity contribution in [1.29, 1.82) is 0 Å². The molecule has 18 heavy (non-hydrogen) atoms. The molecule has 2 atom stereocenters. The number of nitrogens with zero attached hydrogens (tertiary/aromatic N) is 2. The molecule has 2 rings (SSSR count). The standard InChI is InChI=1S/C13H16Cl2N2O/c1-8-3-9(2)7-17(6-8)13(18)10-4-12(15)16-5-11(10)14/h4-5,8-9H,3,6-7H2,1-2H3. The van der Waals surface area contributed by atoms with E-state index in [-0.39, 0.29) is 5.91 Å². The molecule has 1 amide bonds. The zero-order chi connectivity index (χ0) is 13.3. The normalized spacial score (nSPS) is 24.1. The van der Waals surface area contributed by atoms with Crippen LogP contribution < -0.4 is 0 Å². The van der Waals surface area contributed by atoms with E-state index >= 15 is 0 Å². The third kappa shape index (κ3) is 2.96. The first-order valence-corrected chi connectivity index (χ1v) is 6.83. The maximum Gasteiger partial charge on any atom is 0.255 e. The summed E-state index contributed by atoms with van der Waals surface area (Å²) in [7, 11) is 0. The maximum absolute atomic E-state index is 12.4. The Hall–Kier alpha value is -0.800. The van der Waals surface area contributed by atoms with Gasteiger partial charge in [0.15, 0.2) is 0 Å². The van der Waals surface area contributed by atoms with Crippen LogP contribution in [-0.4, -0.2) is 28.9 Å². The van der Waals surface area contributed by atoms with Gasteiger partial charge in [-0.3, -0.25) is 4.79 Å². The second-order valence-electron chi connectivity index (χ2n) is 5.14. The van der Waals surface area contributed by atoms with Crippen LogP contribution in [0, 0.1) is 11.8 Å². The minimum absolute atomic E-state index is 0.0531. The van der Waals surface area contributed by atoms with Crippen molar-refractivity contribution in [2.75, 3.05) is 13.1 Å². The van der Waals surface area contributed by atoms with Gasteiger partial charge in [0.05, 0.1) is 10.6 Å². The van der Waals surface area contributed by atoms with E-state index in [1.54, 1.807) is 0 Å². The molecule has 0 radical (unpaired) electrons. The van der Waals surface area contributed by atoms with Gasteiger partial charge in [0.25, 0.3) is 5.91 Å². The average molecular weight is 287 g/mol. The minimum atomic E-state index is -0.0531. The molecule has 1 aliphatic rings. The number of likely N-dealkylation sites (tertiary alicyclic amines) is 1. The number of aromatic nitrogens is 1. The Morgan fingerprint density at radius 1 is 1.33 bits per heavy atom. The molecule has 0 spiro atoms. The smallest absolute Gasteiger partial charge is 0.255 e. The quantitative estimate of drug-likeness (QED) is 0.741. The van der Waals surface area contributed by atoms with E-state index in [1.807, 2.05) is 4.90 Å².